The van der Waals surface area contributed by atoms with Crippen LogP contribution in [0.2, 0.25) is 0 Å². The predicted octanol–water partition coefficient (Wildman–Crippen LogP) is 3.00. The summed E-state index contributed by atoms with van der Waals surface area (Å²) in [5.74, 6) is -0.483. The summed E-state index contributed by atoms with van der Waals surface area (Å²) in [5, 5.41) is 9.30. The predicted molar refractivity (Wildman–Crippen MR) is 70.1 cm³/mol. The molecular weight excluding hydrogens is 214 g/mol. The minimum atomic E-state index is -0.666. The lowest BCUT2D eigenvalue weighted by molar-refractivity contribution is -0.146. The third-order valence-electron chi connectivity index (χ3n) is 4.64. The Bertz CT molecular complexity index is 249. The molecule has 0 saturated carbocycles. The topological polar surface area (TPSA) is 40.5 Å². The first kappa shape index (κ1) is 14.5. The third-order valence-corrected chi connectivity index (χ3v) is 4.64. The van der Waals surface area contributed by atoms with Crippen molar-refractivity contribution in [1.82, 2.24) is 4.90 Å². The summed E-state index contributed by atoms with van der Waals surface area (Å²) in [5.41, 5.74) is 0.469. The van der Waals surface area contributed by atoms with Gasteiger partial charge in [-0.3, -0.25) is 9.69 Å². The molecule has 1 aliphatic heterocycles. The number of piperidine rings is 1. The van der Waals surface area contributed by atoms with Gasteiger partial charge in [0.05, 0.1) is 0 Å². The standard InChI is InChI=1S/C14H27NO2/c1-5-14(6-2)7-9-15(10-8-14)12(11(3)4)13(16)17/h11-12H,5-10H2,1-4H3,(H,16,17). The van der Waals surface area contributed by atoms with Gasteiger partial charge in [-0.15, -0.1) is 0 Å². The zero-order valence-corrected chi connectivity index (χ0v) is 11.7. The van der Waals surface area contributed by atoms with Crippen LogP contribution in [-0.2, 0) is 4.79 Å². The van der Waals surface area contributed by atoms with Gasteiger partial charge in [0.1, 0.15) is 6.04 Å². The van der Waals surface area contributed by atoms with E-state index in [2.05, 4.69) is 18.7 Å². The molecule has 100 valence electrons. The molecule has 1 aliphatic rings. The van der Waals surface area contributed by atoms with E-state index in [1.165, 1.54) is 12.8 Å². The molecule has 0 aliphatic carbocycles. The van der Waals surface area contributed by atoms with Gasteiger partial charge in [-0.05, 0) is 37.3 Å². The number of carboxylic acids is 1. The SMILES string of the molecule is CCC1(CC)CCN(C(C(=O)O)C(C)C)CC1. The van der Waals surface area contributed by atoms with Gasteiger partial charge in [-0.1, -0.05) is 40.5 Å². The molecule has 0 aromatic carbocycles. The van der Waals surface area contributed by atoms with Crippen LogP contribution in [0.15, 0.2) is 0 Å². The molecule has 0 amide bonds. The summed E-state index contributed by atoms with van der Waals surface area (Å²) in [7, 11) is 0. The molecule has 1 heterocycles. The fraction of sp³-hybridized carbons (Fsp3) is 0.929. The van der Waals surface area contributed by atoms with Crippen LogP contribution in [0.5, 0.6) is 0 Å². The molecule has 3 heteroatoms. The van der Waals surface area contributed by atoms with Crippen LogP contribution in [0, 0.1) is 11.3 Å². The Morgan fingerprint density at radius 3 is 2.00 bits per heavy atom. The van der Waals surface area contributed by atoms with Crippen LogP contribution in [0.1, 0.15) is 53.4 Å². The number of hydrogen-bond acceptors (Lipinski definition) is 2. The second-order valence-corrected chi connectivity index (χ2v) is 5.77. The van der Waals surface area contributed by atoms with Crippen LogP contribution in [0.3, 0.4) is 0 Å². The molecule has 17 heavy (non-hydrogen) atoms. The van der Waals surface area contributed by atoms with E-state index in [-0.39, 0.29) is 12.0 Å². The van der Waals surface area contributed by atoms with Crippen LogP contribution < -0.4 is 0 Å². The van der Waals surface area contributed by atoms with E-state index < -0.39 is 5.97 Å². The van der Waals surface area contributed by atoms with Gasteiger partial charge in [0.25, 0.3) is 0 Å². The summed E-state index contributed by atoms with van der Waals surface area (Å²) in [6, 6.07) is -0.304. The number of nitrogens with zero attached hydrogens (tertiary/aromatic N) is 1. The highest BCUT2D eigenvalue weighted by atomic mass is 16.4. The smallest absolute Gasteiger partial charge is 0.321 e. The van der Waals surface area contributed by atoms with Crippen molar-refractivity contribution in [3.8, 4) is 0 Å². The lowest BCUT2D eigenvalue weighted by Crippen LogP contribution is -2.50. The minimum absolute atomic E-state index is 0.184. The van der Waals surface area contributed by atoms with E-state index in [1.807, 2.05) is 13.8 Å². The molecule has 0 spiro atoms. The first-order valence-electron chi connectivity index (χ1n) is 6.92. The zero-order chi connectivity index (χ0) is 13.1. The van der Waals surface area contributed by atoms with Crippen LogP contribution in [0.4, 0.5) is 0 Å². The van der Waals surface area contributed by atoms with E-state index in [0.29, 0.717) is 5.41 Å². The Morgan fingerprint density at radius 2 is 1.71 bits per heavy atom. The van der Waals surface area contributed by atoms with Gasteiger partial charge < -0.3 is 5.11 Å². The Kier molecular flexibility index (Phi) is 4.99. The number of rotatable bonds is 5. The lowest BCUT2D eigenvalue weighted by atomic mass is 9.73. The molecule has 1 saturated heterocycles. The largest absolute Gasteiger partial charge is 0.480 e. The van der Waals surface area contributed by atoms with Gasteiger partial charge in [0, 0.05) is 0 Å². The van der Waals surface area contributed by atoms with Gasteiger partial charge in [-0.25, -0.2) is 0 Å². The highest BCUT2D eigenvalue weighted by molar-refractivity contribution is 5.73. The molecular formula is C14H27NO2. The van der Waals surface area contributed by atoms with Crippen molar-refractivity contribution >= 4 is 5.97 Å². The average molecular weight is 241 g/mol. The van der Waals surface area contributed by atoms with E-state index >= 15 is 0 Å². The molecule has 1 atom stereocenters. The number of likely N-dealkylation sites (tertiary alicyclic amines) is 1. The van der Waals surface area contributed by atoms with Crippen molar-refractivity contribution in [3.05, 3.63) is 0 Å². The molecule has 1 N–H and O–H groups in total. The van der Waals surface area contributed by atoms with Gasteiger partial charge >= 0.3 is 5.97 Å². The summed E-state index contributed by atoms with van der Waals surface area (Å²) in [6.45, 7) is 10.4. The molecule has 0 aromatic rings. The Balaban J connectivity index is 2.64. The van der Waals surface area contributed by atoms with Crippen molar-refractivity contribution < 1.29 is 9.90 Å². The summed E-state index contributed by atoms with van der Waals surface area (Å²) >= 11 is 0. The van der Waals surface area contributed by atoms with E-state index in [0.717, 1.165) is 25.9 Å². The fourth-order valence-corrected chi connectivity index (χ4v) is 3.10. The first-order chi connectivity index (χ1) is 7.95. The maximum Gasteiger partial charge on any atom is 0.321 e. The van der Waals surface area contributed by atoms with E-state index in [9.17, 15) is 9.90 Å². The van der Waals surface area contributed by atoms with Crippen molar-refractivity contribution in [2.75, 3.05) is 13.1 Å². The highest BCUT2D eigenvalue weighted by Crippen LogP contribution is 2.38. The second-order valence-electron chi connectivity index (χ2n) is 5.77. The minimum Gasteiger partial charge on any atom is -0.480 e. The van der Waals surface area contributed by atoms with E-state index in [1.54, 1.807) is 0 Å². The Morgan fingerprint density at radius 1 is 1.24 bits per heavy atom. The van der Waals surface area contributed by atoms with Crippen molar-refractivity contribution in [2.24, 2.45) is 11.3 Å². The van der Waals surface area contributed by atoms with Crippen molar-refractivity contribution in [1.29, 1.82) is 0 Å². The van der Waals surface area contributed by atoms with Crippen LogP contribution in [0.25, 0.3) is 0 Å². The normalized spacial score (nSPS) is 22.6. The number of carboxylic acid groups (broad SMARTS) is 1. The molecule has 1 unspecified atom stereocenters. The molecule has 1 fully saturated rings. The summed E-state index contributed by atoms with van der Waals surface area (Å²) in [6.07, 6.45) is 4.74. The molecule has 0 bridgehead atoms. The third kappa shape index (κ3) is 3.21. The van der Waals surface area contributed by atoms with Gasteiger partial charge in [0.15, 0.2) is 0 Å². The fourth-order valence-electron chi connectivity index (χ4n) is 3.10. The quantitative estimate of drug-likeness (QED) is 0.804. The second kappa shape index (κ2) is 5.85. The van der Waals surface area contributed by atoms with Crippen molar-refractivity contribution in [3.63, 3.8) is 0 Å². The summed E-state index contributed by atoms with van der Waals surface area (Å²) in [4.78, 5) is 13.5. The van der Waals surface area contributed by atoms with Gasteiger partial charge in [0.2, 0.25) is 0 Å². The van der Waals surface area contributed by atoms with Crippen LogP contribution in [-0.4, -0.2) is 35.1 Å². The molecule has 1 rings (SSSR count). The van der Waals surface area contributed by atoms with Gasteiger partial charge in [-0.2, -0.15) is 0 Å². The average Bonchev–Trinajstić information content (AvgIpc) is 2.29. The number of aliphatic carboxylic acids is 1. The molecule has 0 radical (unpaired) electrons. The maximum absolute atomic E-state index is 11.3. The molecule has 0 aromatic heterocycles. The highest BCUT2D eigenvalue weighted by Gasteiger charge is 2.36. The zero-order valence-electron chi connectivity index (χ0n) is 11.7. The monoisotopic (exact) mass is 241 g/mol. The van der Waals surface area contributed by atoms with E-state index in [4.69, 9.17) is 0 Å². The maximum atomic E-state index is 11.3. The Hall–Kier alpha value is -0.570. The van der Waals surface area contributed by atoms with Crippen molar-refractivity contribution in [2.45, 2.75) is 59.4 Å². The number of hydrogen-bond donors (Lipinski definition) is 1. The first-order valence-corrected chi connectivity index (χ1v) is 6.92. The lowest BCUT2D eigenvalue weighted by Gasteiger charge is -2.43. The summed E-state index contributed by atoms with van der Waals surface area (Å²) < 4.78 is 0. The molecule has 3 nitrogen and oxygen atoms in total. The number of carbonyl (C=O) groups is 1. The van der Waals surface area contributed by atoms with Crippen LogP contribution >= 0.6 is 0 Å². The Labute approximate surface area is 105 Å².